The number of benzene rings is 1. The van der Waals surface area contributed by atoms with Gasteiger partial charge in [-0.2, -0.15) is 0 Å². The van der Waals surface area contributed by atoms with Crippen molar-refractivity contribution in [2.45, 2.75) is 38.6 Å². The van der Waals surface area contributed by atoms with Gasteiger partial charge in [-0.05, 0) is 64.2 Å². The molecule has 0 radical (unpaired) electrons. The molecule has 1 fully saturated rings. The van der Waals surface area contributed by atoms with Crippen LogP contribution in [0.1, 0.15) is 31.7 Å². The summed E-state index contributed by atoms with van der Waals surface area (Å²) in [4.78, 5) is 2.54. The van der Waals surface area contributed by atoms with Crippen molar-refractivity contribution in [2.75, 3.05) is 26.7 Å². The highest BCUT2D eigenvalue weighted by molar-refractivity contribution is 5.14. The van der Waals surface area contributed by atoms with Gasteiger partial charge in [0, 0.05) is 12.6 Å². The molecule has 0 aliphatic carbocycles. The Hall–Kier alpha value is -0.860. The molecule has 0 bridgehead atoms. The van der Waals surface area contributed by atoms with Gasteiger partial charge in [0.2, 0.25) is 0 Å². The predicted molar refractivity (Wildman–Crippen MR) is 82.4 cm³/mol. The third-order valence-electron chi connectivity index (χ3n) is 4.39. The molecular formula is C17H28N2. The van der Waals surface area contributed by atoms with Crippen LogP contribution < -0.4 is 5.32 Å². The molecule has 106 valence electrons. The van der Waals surface area contributed by atoms with Crippen LogP contribution in [0.4, 0.5) is 0 Å². The van der Waals surface area contributed by atoms with Gasteiger partial charge >= 0.3 is 0 Å². The zero-order chi connectivity index (χ0) is 13.5. The fraction of sp³-hybridized carbons (Fsp3) is 0.647. The van der Waals surface area contributed by atoms with Crippen LogP contribution in [-0.2, 0) is 6.42 Å². The minimum atomic E-state index is 0.669. The first-order valence-corrected chi connectivity index (χ1v) is 7.70. The van der Waals surface area contributed by atoms with E-state index in [0.717, 1.165) is 5.92 Å². The van der Waals surface area contributed by atoms with Crippen LogP contribution >= 0.6 is 0 Å². The average Bonchev–Trinajstić information content (AvgIpc) is 2.47. The quantitative estimate of drug-likeness (QED) is 0.846. The molecule has 1 aliphatic heterocycles. The number of hydrogen-bond acceptors (Lipinski definition) is 2. The second-order valence-electron chi connectivity index (χ2n) is 6.03. The summed E-state index contributed by atoms with van der Waals surface area (Å²) in [5.74, 6) is 0.845. The monoisotopic (exact) mass is 260 g/mol. The number of nitrogens with one attached hydrogen (secondary N) is 1. The zero-order valence-electron chi connectivity index (χ0n) is 12.4. The molecule has 2 unspecified atom stereocenters. The van der Waals surface area contributed by atoms with Crippen molar-refractivity contribution in [3.63, 3.8) is 0 Å². The fourth-order valence-corrected chi connectivity index (χ4v) is 2.91. The Balaban J connectivity index is 1.71. The fourth-order valence-electron chi connectivity index (χ4n) is 2.91. The van der Waals surface area contributed by atoms with Crippen molar-refractivity contribution in [1.29, 1.82) is 0 Å². The van der Waals surface area contributed by atoms with Crippen LogP contribution in [0.15, 0.2) is 30.3 Å². The lowest BCUT2D eigenvalue weighted by molar-refractivity contribution is 0.191. The second kappa shape index (κ2) is 7.66. The zero-order valence-corrected chi connectivity index (χ0v) is 12.4. The highest BCUT2D eigenvalue weighted by atomic mass is 15.1. The number of hydrogen-bond donors (Lipinski definition) is 1. The van der Waals surface area contributed by atoms with Crippen molar-refractivity contribution >= 4 is 0 Å². The summed E-state index contributed by atoms with van der Waals surface area (Å²) in [6.45, 7) is 6.02. The Labute approximate surface area is 118 Å². The molecule has 1 N–H and O–H groups in total. The standard InChI is InChI=1S/C17H28N2/c1-15(10-11-16-7-4-3-5-8-16)19(2)14-17-9-6-12-18-13-17/h3-5,7-8,15,17-18H,6,9-14H2,1-2H3. The van der Waals surface area contributed by atoms with E-state index in [4.69, 9.17) is 0 Å². The summed E-state index contributed by atoms with van der Waals surface area (Å²) in [7, 11) is 2.28. The largest absolute Gasteiger partial charge is 0.316 e. The normalized spacial score (nSPS) is 21.5. The van der Waals surface area contributed by atoms with Gasteiger partial charge in [0.25, 0.3) is 0 Å². The van der Waals surface area contributed by atoms with E-state index in [2.05, 4.69) is 54.5 Å². The summed E-state index contributed by atoms with van der Waals surface area (Å²) in [6.07, 6.45) is 5.18. The Morgan fingerprint density at radius 1 is 1.32 bits per heavy atom. The van der Waals surface area contributed by atoms with Gasteiger partial charge < -0.3 is 10.2 Å². The number of rotatable bonds is 6. The maximum atomic E-state index is 3.51. The summed E-state index contributed by atoms with van der Waals surface area (Å²) < 4.78 is 0. The van der Waals surface area contributed by atoms with Crippen molar-refractivity contribution < 1.29 is 0 Å². The van der Waals surface area contributed by atoms with E-state index >= 15 is 0 Å². The maximum absolute atomic E-state index is 3.51. The lowest BCUT2D eigenvalue weighted by Gasteiger charge is -2.31. The van der Waals surface area contributed by atoms with Crippen molar-refractivity contribution in [2.24, 2.45) is 5.92 Å². The maximum Gasteiger partial charge on any atom is 0.00671 e. The van der Waals surface area contributed by atoms with Gasteiger partial charge in [-0.3, -0.25) is 0 Å². The van der Waals surface area contributed by atoms with Crippen LogP contribution in [0, 0.1) is 5.92 Å². The molecule has 1 aliphatic rings. The lowest BCUT2D eigenvalue weighted by Crippen LogP contribution is -2.40. The van der Waals surface area contributed by atoms with E-state index in [1.165, 1.54) is 50.9 Å². The molecule has 1 heterocycles. The Kier molecular flexibility index (Phi) is 5.87. The molecule has 1 saturated heterocycles. The van der Waals surface area contributed by atoms with E-state index in [1.807, 2.05) is 0 Å². The highest BCUT2D eigenvalue weighted by Gasteiger charge is 2.17. The highest BCUT2D eigenvalue weighted by Crippen LogP contribution is 2.14. The smallest absolute Gasteiger partial charge is 0.00671 e. The van der Waals surface area contributed by atoms with Gasteiger partial charge in [-0.15, -0.1) is 0 Å². The Morgan fingerprint density at radius 2 is 2.11 bits per heavy atom. The van der Waals surface area contributed by atoms with Gasteiger partial charge in [0.15, 0.2) is 0 Å². The molecular weight excluding hydrogens is 232 g/mol. The summed E-state index contributed by atoms with van der Waals surface area (Å²) in [5, 5.41) is 3.51. The molecule has 0 aromatic heterocycles. The van der Waals surface area contributed by atoms with Gasteiger partial charge in [0.1, 0.15) is 0 Å². The molecule has 2 atom stereocenters. The summed E-state index contributed by atoms with van der Waals surface area (Å²) >= 11 is 0. The molecule has 1 aromatic rings. The number of piperidine rings is 1. The first-order valence-electron chi connectivity index (χ1n) is 7.70. The second-order valence-corrected chi connectivity index (χ2v) is 6.03. The average molecular weight is 260 g/mol. The molecule has 0 saturated carbocycles. The van der Waals surface area contributed by atoms with E-state index in [1.54, 1.807) is 0 Å². The van der Waals surface area contributed by atoms with Crippen LogP contribution in [0.5, 0.6) is 0 Å². The molecule has 19 heavy (non-hydrogen) atoms. The van der Waals surface area contributed by atoms with E-state index in [-0.39, 0.29) is 0 Å². The molecule has 1 aromatic carbocycles. The molecule has 2 rings (SSSR count). The first kappa shape index (κ1) is 14.5. The molecule has 0 spiro atoms. The van der Waals surface area contributed by atoms with Crippen molar-refractivity contribution in [3.05, 3.63) is 35.9 Å². The van der Waals surface area contributed by atoms with Crippen LogP contribution in [0.25, 0.3) is 0 Å². The minimum Gasteiger partial charge on any atom is -0.316 e. The van der Waals surface area contributed by atoms with Crippen LogP contribution in [0.3, 0.4) is 0 Å². The Bertz CT molecular complexity index is 344. The van der Waals surface area contributed by atoms with E-state index in [9.17, 15) is 0 Å². The molecule has 0 amide bonds. The van der Waals surface area contributed by atoms with Gasteiger partial charge in [0.05, 0.1) is 0 Å². The topological polar surface area (TPSA) is 15.3 Å². The lowest BCUT2D eigenvalue weighted by atomic mass is 9.98. The van der Waals surface area contributed by atoms with Crippen LogP contribution in [-0.4, -0.2) is 37.6 Å². The van der Waals surface area contributed by atoms with Crippen molar-refractivity contribution in [3.8, 4) is 0 Å². The Morgan fingerprint density at radius 3 is 2.79 bits per heavy atom. The molecule has 2 heteroatoms. The predicted octanol–water partition coefficient (Wildman–Crippen LogP) is 2.94. The molecule has 2 nitrogen and oxygen atoms in total. The third kappa shape index (κ3) is 4.96. The van der Waals surface area contributed by atoms with Gasteiger partial charge in [-0.25, -0.2) is 0 Å². The van der Waals surface area contributed by atoms with Crippen LogP contribution in [0.2, 0.25) is 0 Å². The van der Waals surface area contributed by atoms with E-state index in [0.29, 0.717) is 6.04 Å². The number of nitrogens with zero attached hydrogens (tertiary/aromatic N) is 1. The van der Waals surface area contributed by atoms with Gasteiger partial charge in [-0.1, -0.05) is 30.3 Å². The van der Waals surface area contributed by atoms with Crippen molar-refractivity contribution in [1.82, 2.24) is 10.2 Å². The summed E-state index contributed by atoms with van der Waals surface area (Å²) in [5.41, 5.74) is 1.46. The summed E-state index contributed by atoms with van der Waals surface area (Å²) in [6, 6.07) is 11.5. The minimum absolute atomic E-state index is 0.669. The van der Waals surface area contributed by atoms with E-state index < -0.39 is 0 Å². The SMILES string of the molecule is CC(CCc1ccccc1)N(C)CC1CCCNC1. The first-order chi connectivity index (χ1) is 9.25. The third-order valence-corrected chi connectivity index (χ3v) is 4.39. The number of aryl methyl sites for hydroxylation is 1.